The smallest absolute Gasteiger partial charge is 0.305 e. The molecular formula is C12H26O3Si. The van der Waals surface area contributed by atoms with Gasteiger partial charge in [0.15, 0.2) is 0 Å². The lowest BCUT2D eigenvalue weighted by Crippen LogP contribution is -2.47. The topological polar surface area (TPSA) is 31.0 Å². The van der Waals surface area contributed by atoms with Crippen molar-refractivity contribution in [2.45, 2.75) is 64.6 Å². The molecule has 2 aliphatic heterocycles. The summed E-state index contributed by atoms with van der Waals surface area (Å²) in [5.41, 5.74) is -0.0199. The van der Waals surface area contributed by atoms with Crippen LogP contribution in [0.1, 0.15) is 53.4 Å². The molecule has 3 nitrogen and oxygen atoms in total. The number of rotatable bonds is 4. The highest BCUT2D eigenvalue weighted by Crippen LogP contribution is 2.41. The SMILES string of the molecule is C1CO1.CCCC1(C)O[SiH2]OC1(C)CCC. The maximum absolute atomic E-state index is 5.87. The highest BCUT2D eigenvalue weighted by Gasteiger charge is 2.49. The lowest BCUT2D eigenvalue weighted by Gasteiger charge is -2.39. The first-order valence-corrected chi connectivity index (χ1v) is 7.59. The molecule has 0 amide bonds. The molecule has 2 heterocycles. The maximum atomic E-state index is 5.87. The molecule has 0 aromatic carbocycles. The Morgan fingerprint density at radius 2 is 1.31 bits per heavy atom. The predicted octanol–water partition coefficient (Wildman–Crippen LogP) is 2.17. The van der Waals surface area contributed by atoms with E-state index < -0.39 is 10.0 Å². The summed E-state index contributed by atoms with van der Waals surface area (Å²) in [5.74, 6) is 0. The van der Waals surface area contributed by atoms with Crippen molar-refractivity contribution in [1.29, 1.82) is 0 Å². The number of ether oxygens (including phenoxy) is 1. The second-order valence-electron chi connectivity index (χ2n) is 4.98. The summed E-state index contributed by atoms with van der Waals surface area (Å²) < 4.78 is 16.2. The summed E-state index contributed by atoms with van der Waals surface area (Å²) in [6, 6.07) is 0. The van der Waals surface area contributed by atoms with Gasteiger partial charge in [0.05, 0.1) is 24.4 Å². The molecule has 0 saturated carbocycles. The number of hydrogen-bond acceptors (Lipinski definition) is 3. The van der Waals surface area contributed by atoms with Gasteiger partial charge in [0, 0.05) is 0 Å². The van der Waals surface area contributed by atoms with Crippen LogP contribution in [0.15, 0.2) is 0 Å². The van der Waals surface area contributed by atoms with Gasteiger partial charge in [-0.05, 0) is 26.7 Å². The van der Waals surface area contributed by atoms with Crippen LogP contribution in [0.25, 0.3) is 0 Å². The van der Waals surface area contributed by atoms with E-state index in [1.54, 1.807) is 0 Å². The molecule has 4 heteroatoms. The Morgan fingerprint density at radius 1 is 0.938 bits per heavy atom. The van der Waals surface area contributed by atoms with Crippen LogP contribution in [0.2, 0.25) is 0 Å². The zero-order valence-corrected chi connectivity index (χ0v) is 12.6. The van der Waals surface area contributed by atoms with E-state index in [-0.39, 0.29) is 11.2 Å². The van der Waals surface area contributed by atoms with Gasteiger partial charge in [-0.2, -0.15) is 0 Å². The first-order chi connectivity index (χ1) is 7.58. The summed E-state index contributed by atoms with van der Waals surface area (Å²) in [4.78, 5) is 0. The molecule has 2 rings (SSSR count). The van der Waals surface area contributed by atoms with Crippen LogP contribution in [0.4, 0.5) is 0 Å². The third-order valence-corrected chi connectivity index (χ3v) is 5.04. The zero-order valence-electron chi connectivity index (χ0n) is 11.2. The van der Waals surface area contributed by atoms with E-state index in [0.717, 1.165) is 26.1 Å². The minimum atomic E-state index is -0.706. The van der Waals surface area contributed by atoms with E-state index in [1.165, 1.54) is 12.8 Å². The third-order valence-electron chi connectivity index (χ3n) is 3.53. The normalized spacial score (nSPS) is 38.2. The lowest BCUT2D eigenvalue weighted by molar-refractivity contribution is -0.0355. The molecule has 0 aromatic rings. The molecule has 2 aliphatic rings. The summed E-state index contributed by atoms with van der Waals surface area (Å²) in [7, 11) is -0.706. The molecule has 0 radical (unpaired) electrons. The van der Waals surface area contributed by atoms with Gasteiger partial charge in [-0.25, -0.2) is 0 Å². The van der Waals surface area contributed by atoms with Crippen LogP contribution in [0, 0.1) is 0 Å². The Morgan fingerprint density at radius 3 is 1.56 bits per heavy atom. The van der Waals surface area contributed by atoms with Crippen molar-refractivity contribution in [3.05, 3.63) is 0 Å². The third kappa shape index (κ3) is 3.55. The fraction of sp³-hybridized carbons (Fsp3) is 1.00. The van der Waals surface area contributed by atoms with Crippen LogP contribution >= 0.6 is 0 Å². The molecule has 2 saturated heterocycles. The van der Waals surface area contributed by atoms with E-state index in [4.69, 9.17) is 8.85 Å². The maximum Gasteiger partial charge on any atom is 0.305 e. The fourth-order valence-corrected chi connectivity index (χ4v) is 3.70. The van der Waals surface area contributed by atoms with Crippen molar-refractivity contribution in [2.75, 3.05) is 13.2 Å². The van der Waals surface area contributed by atoms with E-state index in [1.807, 2.05) is 0 Å². The van der Waals surface area contributed by atoms with Crippen molar-refractivity contribution >= 4 is 10.0 Å². The Bertz CT molecular complexity index is 190. The van der Waals surface area contributed by atoms with Gasteiger partial charge in [0.25, 0.3) is 0 Å². The van der Waals surface area contributed by atoms with E-state index in [0.29, 0.717) is 0 Å². The van der Waals surface area contributed by atoms with Gasteiger partial charge in [-0.1, -0.05) is 26.7 Å². The molecule has 16 heavy (non-hydrogen) atoms. The molecule has 0 N–H and O–H groups in total. The Labute approximate surface area is 102 Å². The van der Waals surface area contributed by atoms with Crippen LogP contribution in [-0.2, 0) is 13.6 Å². The van der Waals surface area contributed by atoms with E-state index in [2.05, 4.69) is 32.4 Å². The molecule has 2 fully saturated rings. The summed E-state index contributed by atoms with van der Waals surface area (Å²) in [6.45, 7) is 10.8. The van der Waals surface area contributed by atoms with Crippen LogP contribution in [0.3, 0.4) is 0 Å². The lowest BCUT2D eigenvalue weighted by atomic mass is 9.79. The van der Waals surface area contributed by atoms with Crippen molar-refractivity contribution in [3.8, 4) is 0 Å². The van der Waals surface area contributed by atoms with Crippen molar-refractivity contribution < 1.29 is 13.6 Å². The van der Waals surface area contributed by atoms with Crippen molar-refractivity contribution in [1.82, 2.24) is 0 Å². The quantitative estimate of drug-likeness (QED) is 0.563. The Kier molecular flexibility index (Phi) is 5.44. The molecule has 0 aromatic heterocycles. The van der Waals surface area contributed by atoms with Crippen LogP contribution < -0.4 is 0 Å². The minimum absolute atomic E-state index is 0.00994. The second-order valence-corrected chi connectivity index (χ2v) is 5.79. The molecule has 2 atom stereocenters. The average Bonchev–Trinajstić information content (AvgIpc) is 3.02. The van der Waals surface area contributed by atoms with Gasteiger partial charge >= 0.3 is 10.0 Å². The minimum Gasteiger partial charge on any atom is -0.390 e. The van der Waals surface area contributed by atoms with E-state index >= 15 is 0 Å². The molecule has 96 valence electrons. The zero-order chi connectivity index (χ0) is 12.1. The fourth-order valence-electron chi connectivity index (χ4n) is 2.22. The molecule has 0 bridgehead atoms. The molecule has 2 unspecified atom stereocenters. The van der Waals surface area contributed by atoms with Crippen molar-refractivity contribution in [2.24, 2.45) is 0 Å². The van der Waals surface area contributed by atoms with Gasteiger partial charge in [0.2, 0.25) is 0 Å². The van der Waals surface area contributed by atoms with Crippen LogP contribution in [-0.4, -0.2) is 34.4 Å². The molecule has 0 spiro atoms. The average molecular weight is 246 g/mol. The molecule has 0 aliphatic carbocycles. The second kappa shape index (κ2) is 6.14. The predicted molar refractivity (Wildman–Crippen MR) is 68.2 cm³/mol. The number of hydrogen-bond donors (Lipinski definition) is 0. The summed E-state index contributed by atoms with van der Waals surface area (Å²) >= 11 is 0. The highest BCUT2D eigenvalue weighted by molar-refractivity contribution is 6.19. The Balaban J connectivity index is 0.000000365. The first kappa shape index (κ1) is 14.2. The van der Waals surface area contributed by atoms with Gasteiger partial charge in [-0.15, -0.1) is 0 Å². The largest absolute Gasteiger partial charge is 0.390 e. The van der Waals surface area contributed by atoms with Crippen LogP contribution in [0.5, 0.6) is 0 Å². The summed E-state index contributed by atoms with van der Waals surface area (Å²) in [6.07, 6.45) is 4.59. The van der Waals surface area contributed by atoms with Crippen molar-refractivity contribution in [3.63, 3.8) is 0 Å². The standard InChI is InChI=1S/C10H22O2Si.C2H4O/c1-5-7-9(3)10(4,8-6-2)12-13-11-9;1-2-3-1/h5-8,13H2,1-4H3;1-2H2. The van der Waals surface area contributed by atoms with Gasteiger partial charge in [0.1, 0.15) is 0 Å². The summed E-state index contributed by atoms with van der Waals surface area (Å²) in [5, 5.41) is 0. The molecular weight excluding hydrogens is 220 g/mol. The monoisotopic (exact) mass is 246 g/mol. The van der Waals surface area contributed by atoms with Gasteiger partial charge < -0.3 is 13.6 Å². The van der Waals surface area contributed by atoms with E-state index in [9.17, 15) is 0 Å². The highest BCUT2D eigenvalue weighted by atomic mass is 28.3. The number of epoxide rings is 1. The van der Waals surface area contributed by atoms with Gasteiger partial charge in [-0.3, -0.25) is 0 Å². The Hall–Kier alpha value is 0.0969. The first-order valence-electron chi connectivity index (χ1n) is 6.43.